The summed E-state index contributed by atoms with van der Waals surface area (Å²) in [7, 11) is 0. The molecule has 15 heteroatoms. The molecule has 0 bridgehead atoms. The van der Waals surface area contributed by atoms with Gasteiger partial charge in [0.2, 0.25) is 0 Å². The first-order valence-electron chi connectivity index (χ1n) is 14.0. The molecule has 0 radical (unpaired) electrons. The number of aliphatic hydroxyl groups excluding tert-OH is 5. The number of benzene rings is 1. The average molecular weight is 585 g/mol. The van der Waals surface area contributed by atoms with Gasteiger partial charge in [-0.25, -0.2) is 19.9 Å². The Kier molecular flexibility index (Phi) is 7.84. The fraction of sp³-hybridized carbons (Fsp3) is 0.556. The Morgan fingerprint density at radius 3 is 2.57 bits per heavy atom. The third-order valence-corrected chi connectivity index (χ3v) is 8.84. The molecule has 1 saturated carbocycles. The summed E-state index contributed by atoms with van der Waals surface area (Å²) in [5.41, 5.74) is 7.64. The van der Waals surface area contributed by atoms with E-state index in [0.717, 1.165) is 36.1 Å². The highest BCUT2D eigenvalue weighted by Gasteiger charge is 2.46. The molecule has 42 heavy (non-hydrogen) atoms. The van der Waals surface area contributed by atoms with Crippen LogP contribution in [-0.4, -0.2) is 116 Å². The smallest absolute Gasteiger partial charge is 0.167 e. The van der Waals surface area contributed by atoms with Gasteiger partial charge < -0.3 is 46.2 Å². The Morgan fingerprint density at radius 2 is 1.83 bits per heavy atom. The number of aromatic amines is 1. The van der Waals surface area contributed by atoms with Crippen molar-refractivity contribution >= 4 is 28.0 Å². The Bertz CT molecular complexity index is 1530. The van der Waals surface area contributed by atoms with Gasteiger partial charge >= 0.3 is 0 Å². The summed E-state index contributed by atoms with van der Waals surface area (Å²) in [6.07, 6.45) is 1.59. The minimum absolute atomic E-state index is 0.0266. The van der Waals surface area contributed by atoms with Crippen LogP contribution < -0.4 is 5.73 Å². The molecule has 226 valence electrons. The van der Waals surface area contributed by atoms with Gasteiger partial charge in [0.25, 0.3) is 0 Å². The Morgan fingerprint density at radius 1 is 1.07 bits per heavy atom. The third-order valence-electron chi connectivity index (χ3n) is 8.84. The van der Waals surface area contributed by atoms with E-state index in [4.69, 9.17) is 10.5 Å². The Labute approximate surface area is 240 Å². The molecule has 1 saturated heterocycles. The van der Waals surface area contributed by atoms with E-state index in [2.05, 4.69) is 24.9 Å². The molecule has 2 fully saturated rings. The van der Waals surface area contributed by atoms with E-state index in [1.807, 2.05) is 6.07 Å². The van der Waals surface area contributed by atoms with Gasteiger partial charge in [-0.05, 0) is 42.9 Å². The maximum Gasteiger partial charge on any atom is 0.167 e. The van der Waals surface area contributed by atoms with Crippen molar-refractivity contribution in [2.24, 2.45) is 5.92 Å². The second kappa shape index (κ2) is 11.4. The normalized spacial score (nSPS) is 26.5. The molecule has 1 aliphatic carbocycles. The summed E-state index contributed by atoms with van der Waals surface area (Å²) in [6, 6.07) is 5.28. The number of aromatic nitrogens is 6. The van der Waals surface area contributed by atoms with Crippen LogP contribution in [0.1, 0.15) is 36.9 Å². The lowest BCUT2D eigenvalue weighted by atomic mass is 9.77. The average Bonchev–Trinajstić information content (AvgIpc) is 3.66. The topological polar surface area (TPSA) is 232 Å². The number of ether oxygens (including phenoxy) is 1. The van der Waals surface area contributed by atoms with Crippen LogP contribution in [0.4, 0.5) is 5.82 Å². The molecule has 1 aliphatic heterocycles. The highest BCUT2D eigenvalue weighted by atomic mass is 16.6. The number of hydroxylamine groups is 2. The predicted octanol–water partition coefficient (Wildman–Crippen LogP) is -0.779. The molecule has 9 N–H and O–H groups in total. The number of hydrogen-bond donors (Lipinski definition) is 8. The molecule has 4 atom stereocenters. The molecular formula is C27H36N8O7. The molecule has 0 amide bonds. The van der Waals surface area contributed by atoms with Crippen LogP contribution in [0, 0.1) is 5.92 Å². The monoisotopic (exact) mass is 584 g/mol. The SMILES string of the molecule is Nc1ncnc2c1ncn2C1OC(CN(O)C2CC(CCc3nc4ccc(C(CO)(CO)CO)cc4[nH]3)C2)C(O)C1O. The van der Waals surface area contributed by atoms with Crippen molar-refractivity contribution in [1.82, 2.24) is 34.6 Å². The maximum absolute atomic E-state index is 10.7. The highest BCUT2D eigenvalue weighted by molar-refractivity contribution is 5.81. The molecule has 3 aromatic heterocycles. The van der Waals surface area contributed by atoms with Crippen molar-refractivity contribution < 1.29 is 35.5 Å². The molecule has 6 rings (SSSR count). The lowest BCUT2D eigenvalue weighted by molar-refractivity contribution is -0.185. The predicted molar refractivity (Wildman–Crippen MR) is 148 cm³/mol. The number of anilines is 1. The van der Waals surface area contributed by atoms with E-state index < -0.39 is 30.0 Å². The van der Waals surface area contributed by atoms with Crippen LogP contribution in [0.2, 0.25) is 0 Å². The number of aliphatic hydroxyl groups is 5. The van der Waals surface area contributed by atoms with E-state index in [1.54, 1.807) is 12.1 Å². The molecule has 2 aliphatic rings. The molecule has 1 aromatic carbocycles. The minimum atomic E-state index is -1.25. The largest absolute Gasteiger partial charge is 0.395 e. The van der Waals surface area contributed by atoms with E-state index in [-0.39, 0.29) is 38.2 Å². The first-order chi connectivity index (χ1) is 20.3. The van der Waals surface area contributed by atoms with Crippen LogP contribution in [0.5, 0.6) is 0 Å². The van der Waals surface area contributed by atoms with Gasteiger partial charge in [-0.3, -0.25) is 4.57 Å². The zero-order valence-corrected chi connectivity index (χ0v) is 22.9. The maximum atomic E-state index is 10.7. The van der Waals surface area contributed by atoms with Crippen molar-refractivity contribution in [3.8, 4) is 0 Å². The van der Waals surface area contributed by atoms with Gasteiger partial charge in [0.15, 0.2) is 17.7 Å². The number of aryl methyl sites for hydroxylation is 1. The quantitative estimate of drug-likeness (QED) is 0.101. The van der Waals surface area contributed by atoms with Gasteiger partial charge in [-0.2, -0.15) is 5.06 Å². The lowest BCUT2D eigenvalue weighted by Crippen LogP contribution is -2.48. The third kappa shape index (κ3) is 5.01. The zero-order valence-electron chi connectivity index (χ0n) is 22.9. The minimum Gasteiger partial charge on any atom is -0.395 e. The summed E-state index contributed by atoms with van der Waals surface area (Å²) in [5, 5.41) is 62.5. The molecule has 4 heterocycles. The van der Waals surface area contributed by atoms with Crippen LogP contribution in [0.25, 0.3) is 22.2 Å². The van der Waals surface area contributed by atoms with Crippen molar-refractivity contribution in [2.75, 3.05) is 32.1 Å². The first-order valence-corrected chi connectivity index (χ1v) is 14.0. The van der Waals surface area contributed by atoms with Crippen LogP contribution >= 0.6 is 0 Å². The zero-order chi connectivity index (χ0) is 29.6. The number of nitrogens with one attached hydrogen (secondary N) is 1. The summed E-state index contributed by atoms with van der Waals surface area (Å²) < 4.78 is 7.45. The Hall–Kier alpha value is -3.28. The van der Waals surface area contributed by atoms with Crippen LogP contribution in [0.15, 0.2) is 30.9 Å². The van der Waals surface area contributed by atoms with Gasteiger partial charge in [-0.15, -0.1) is 0 Å². The lowest BCUT2D eigenvalue weighted by Gasteiger charge is -2.40. The number of nitrogens with two attached hydrogens (primary N) is 1. The number of rotatable bonds is 11. The van der Waals surface area contributed by atoms with E-state index in [1.165, 1.54) is 22.3 Å². The highest BCUT2D eigenvalue weighted by Crippen LogP contribution is 2.37. The summed E-state index contributed by atoms with van der Waals surface area (Å²) in [6.45, 7) is -1.11. The van der Waals surface area contributed by atoms with Crippen molar-refractivity contribution in [2.45, 2.75) is 61.7 Å². The van der Waals surface area contributed by atoms with Gasteiger partial charge in [0.05, 0.1) is 49.1 Å². The van der Waals surface area contributed by atoms with E-state index >= 15 is 0 Å². The van der Waals surface area contributed by atoms with E-state index in [0.29, 0.717) is 29.1 Å². The molecular weight excluding hydrogens is 548 g/mol. The molecule has 0 spiro atoms. The van der Waals surface area contributed by atoms with Crippen LogP contribution in [-0.2, 0) is 16.6 Å². The van der Waals surface area contributed by atoms with Crippen LogP contribution in [0.3, 0.4) is 0 Å². The van der Waals surface area contributed by atoms with Gasteiger partial charge in [-0.1, -0.05) is 6.07 Å². The molecule has 4 aromatic rings. The van der Waals surface area contributed by atoms with Crippen molar-refractivity contribution in [3.05, 3.63) is 42.2 Å². The van der Waals surface area contributed by atoms with Crippen molar-refractivity contribution in [1.29, 1.82) is 0 Å². The summed E-state index contributed by atoms with van der Waals surface area (Å²) in [4.78, 5) is 20.2. The standard InChI is InChI=1S/C27H36N8O7/c28-24-21-25(30-12-29-24)34(13-31-21)26-23(40)22(39)19(42-26)8-35(41)16-5-14(6-16)1-4-20-32-17-3-2-15(7-18(17)33-20)27(9-36,10-37)11-38/h2-3,7,12-14,16,19,22-23,26,36-41H,1,4-6,8-11H2,(H,32,33)(H2,28,29,30). The van der Waals surface area contributed by atoms with Gasteiger partial charge in [0.1, 0.15) is 36.0 Å². The number of hydrogen-bond acceptors (Lipinski definition) is 13. The number of H-pyrrole nitrogens is 1. The number of nitrogens with zero attached hydrogens (tertiary/aromatic N) is 6. The number of imidazole rings is 2. The van der Waals surface area contributed by atoms with Gasteiger partial charge in [0, 0.05) is 12.5 Å². The Balaban J connectivity index is 1.01. The first kappa shape index (κ1) is 28.8. The second-order valence-corrected chi connectivity index (χ2v) is 11.5. The van der Waals surface area contributed by atoms with Crippen molar-refractivity contribution in [3.63, 3.8) is 0 Å². The molecule has 4 unspecified atom stereocenters. The molecule has 15 nitrogen and oxygen atoms in total. The fourth-order valence-corrected chi connectivity index (χ4v) is 5.95. The number of fused-ring (bicyclic) bond motifs is 2. The summed E-state index contributed by atoms with van der Waals surface area (Å²) >= 11 is 0. The second-order valence-electron chi connectivity index (χ2n) is 11.5. The summed E-state index contributed by atoms with van der Waals surface area (Å²) in [5.74, 6) is 1.40. The number of nitrogen functional groups attached to an aromatic ring is 1. The van der Waals surface area contributed by atoms with E-state index in [9.17, 15) is 30.7 Å². The fourth-order valence-electron chi connectivity index (χ4n) is 5.95.